The minimum Gasteiger partial charge on any atom is -0.282 e. The molecule has 0 radical (unpaired) electrons. The van der Waals surface area contributed by atoms with Crippen LogP contribution in [0.25, 0.3) is 22.3 Å². The summed E-state index contributed by atoms with van der Waals surface area (Å²) >= 11 is 0. The summed E-state index contributed by atoms with van der Waals surface area (Å²) in [6.45, 7) is 1.84. The molecule has 218 valence electrons. The minimum atomic E-state index is -4.02. The van der Waals surface area contributed by atoms with E-state index in [-0.39, 0.29) is 4.90 Å². The van der Waals surface area contributed by atoms with Crippen molar-refractivity contribution in [3.8, 4) is 22.3 Å². The highest BCUT2D eigenvalue weighted by molar-refractivity contribution is 7.85. The van der Waals surface area contributed by atoms with Gasteiger partial charge in [0, 0.05) is 0 Å². The van der Waals surface area contributed by atoms with Crippen molar-refractivity contribution in [2.45, 2.75) is 94.3 Å². The molecule has 0 saturated heterocycles. The molecule has 2 saturated carbocycles. The summed E-state index contributed by atoms with van der Waals surface area (Å²) in [6, 6.07) is 29.2. The van der Waals surface area contributed by atoms with Crippen LogP contribution in [0.5, 0.6) is 0 Å². The first-order chi connectivity index (χ1) is 20.4. The summed E-state index contributed by atoms with van der Waals surface area (Å²) in [5.41, 5.74) is 13.6. The lowest BCUT2D eigenvalue weighted by atomic mass is 9.71. The first-order valence-corrected chi connectivity index (χ1v) is 17.2. The second-order valence-corrected chi connectivity index (χ2v) is 13.9. The molecular weight excluding hydrogens is 536 g/mol. The van der Waals surface area contributed by atoms with E-state index in [4.69, 9.17) is 4.55 Å². The molecule has 4 aromatic rings. The molecule has 4 heteroatoms. The summed E-state index contributed by atoms with van der Waals surface area (Å²) in [4.78, 5) is -0.0666. The Morgan fingerprint density at radius 3 is 1.90 bits per heavy atom. The van der Waals surface area contributed by atoms with Crippen molar-refractivity contribution >= 4 is 10.1 Å². The molecule has 3 nitrogen and oxygen atoms in total. The molecule has 42 heavy (non-hydrogen) atoms. The quantitative estimate of drug-likeness (QED) is 0.216. The van der Waals surface area contributed by atoms with Crippen LogP contribution in [0.3, 0.4) is 0 Å². The third-order valence-corrected chi connectivity index (χ3v) is 10.5. The van der Waals surface area contributed by atoms with E-state index in [1.807, 2.05) is 6.92 Å². The summed E-state index contributed by atoms with van der Waals surface area (Å²) in [5, 5.41) is 0. The maximum Gasteiger partial charge on any atom is 0.294 e. The number of rotatable bonds is 4. The second kappa shape index (κ2) is 12.6. The van der Waals surface area contributed by atoms with Crippen molar-refractivity contribution in [3.05, 3.63) is 113 Å². The van der Waals surface area contributed by atoms with Crippen molar-refractivity contribution < 1.29 is 13.0 Å². The second-order valence-electron chi connectivity index (χ2n) is 12.4. The Morgan fingerprint density at radius 1 is 0.667 bits per heavy atom. The van der Waals surface area contributed by atoms with Gasteiger partial charge in [-0.1, -0.05) is 117 Å². The van der Waals surface area contributed by atoms with Gasteiger partial charge in [-0.25, -0.2) is 0 Å². The van der Waals surface area contributed by atoms with Gasteiger partial charge in [0.1, 0.15) is 0 Å². The number of fused-ring (bicyclic) bond motifs is 3. The van der Waals surface area contributed by atoms with E-state index in [9.17, 15) is 8.42 Å². The lowest BCUT2D eigenvalue weighted by Gasteiger charge is -2.33. The molecule has 2 fully saturated rings. The van der Waals surface area contributed by atoms with Gasteiger partial charge < -0.3 is 0 Å². The normalized spacial score (nSPS) is 17.2. The zero-order chi connectivity index (χ0) is 29.1. The Balaban J connectivity index is 0.000000244. The fourth-order valence-corrected chi connectivity index (χ4v) is 8.02. The zero-order valence-corrected chi connectivity index (χ0v) is 25.5. The van der Waals surface area contributed by atoms with Crippen LogP contribution in [-0.2, 0) is 16.5 Å². The molecule has 3 aliphatic rings. The molecule has 0 bridgehead atoms. The number of hydrogen-bond donors (Lipinski definition) is 1. The molecule has 0 atom stereocenters. The molecule has 0 unspecified atom stereocenters. The van der Waals surface area contributed by atoms with Crippen molar-refractivity contribution in [1.82, 2.24) is 0 Å². The third-order valence-electron chi connectivity index (χ3n) is 9.62. The predicted molar refractivity (Wildman–Crippen MR) is 173 cm³/mol. The van der Waals surface area contributed by atoms with E-state index in [0.29, 0.717) is 0 Å². The highest BCUT2D eigenvalue weighted by atomic mass is 32.2. The van der Waals surface area contributed by atoms with Crippen LogP contribution in [0.1, 0.15) is 104 Å². The minimum absolute atomic E-state index is 0.0666. The maximum atomic E-state index is 10.5. The fourth-order valence-electron chi connectivity index (χ4n) is 7.54. The Bertz CT molecular complexity index is 1630. The Labute approximate surface area is 251 Å². The average Bonchev–Trinajstić information content (AvgIpc) is 3.40. The Hall–Kier alpha value is -3.21. The van der Waals surface area contributed by atoms with Gasteiger partial charge in [0.05, 0.1) is 4.90 Å². The smallest absolute Gasteiger partial charge is 0.282 e. The van der Waals surface area contributed by atoms with Gasteiger partial charge in [0.25, 0.3) is 10.1 Å². The molecule has 4 aromatic carbocycles. The first-order valence-electron chi connectivity index (χ1n) is 15.8. The molecular formula is C38H42O3S. The molecule has 0 amide bonds. The highest BCUT2D eigenvalue weighted by Crippen LogP contribution is 2.51. The van der Waals surface area contributed by atoms with Crippen molar-refractivity contribution in [2.75, 3.05) is 0 Å². The van der Waals surface area contributed by atoms with E-state index < -0.39 is 10.1 Å². The Kier molecular flexibility index (Phi) is 8.65. The molecule has 3 aliphatic carbocycles. The van der Waals surface area contributed by atoms with Crippen LogP contribution in [0.15, 0.2) is 89.8 Å². The van der Waals surface area contributed by atoms with Crippen LogP contribution >= 0.6 is 0 Å². The summed E-state index contributed by atoms with van der Waals surface area (Å²) in [7, 11) is -4.02. The third kappa shape index (κ3) is 6.11. The molecule has 1 N–H and O–H groups in total. The highest BCUT2D eigenvalue weighted by Gasteiger charge is 2.32. The monoisotopic (exact) mass is 578 g/mol. The van der Waals surface area contributed by atoms with Gasteiger partial charge >= 0.3 is 0 Å². The largest absolute Gasteiger partial charge is 0.294 e. The average molecular weight is 579 g/mol. The van der Waals surface area contributed by atoms with Crippen LogP contribution in [0, 0.1) is 6.92 Å². The van der Waals surface area contributed by atoms with Crippen molar-refractivity contribution in [3.63, 3.8) is 0 Å². The summed E-state index contributed by atoms with van der Waals surface area (Å²) in [6.07, 6.45) is 15.1. The molecule has 7 rings (SSSR count). The first kappa shape index (κ1) is 28.9. The zero-order valence-electron chi connectivity index (χ0n) is 24.7. The number of aryl methyl sites for hydroxylation is 1. The van der Waals surface area contributed by atoms with Crippen molar-refractivity contribution in [2.24, 2.45) is 0 Å². The lowest BCUT2D eigenvalue weighted by molar-refractivity contribution is 0.419. The van der Waals surface area contributed by atoms with Gasteiger partial charge in [0.2, 0.25) is 0 Å². The van der Waals surface area contributed by atoms with E-state index in [0.717, 1.165) is 23.8 Å². The van der Waals surface area contributed by atoms with E-state index in [1.54, 1.807) is 34.4 Å². The van der Waals surface area contributed by atoms with E-state index in [2.05, 4.69) is 60.7 Å². The number of benzene rings is 4. The van der Waals surface area contributed by atoms with Gasteiger partial charge in [-0.15, -0.1) is 0 Å². The summed E-state index contributed by atoms with van der Waals surface area (Å²) in [5.74, 6) is 1.50. The van der Waals surface area contributed by atoms with Gasteiger partial charge in [-0.05, 0) is 108 Å². The van der Waals surface area contributed by atoms with Gasteiger partial charge in [0.15, 0.2) is 0 Å². The van der Waals surface area contributed by atoms with E-state index >= 15 is 0 Å². The molecule has 0 aromatic heterocycles. The Morgan fingerprint density at radius 2 is 1.26 bits per heavy atom. The van der Waals surface area contributed by atoms with Gasteiger partial charge in [-0.3, -0.25) is 4.55 Å². The molecule has 0 spiro atoms. The van der Waals surface area contributed by atoms with Crippen molar-refractivity contribution in [1.29, 1.82) is 0 Å². The van der Waals surface area contributed by atoms with Crippen LogP contribution < -0.4 is 0 Å². The van der Waals surface area contributed by atoms with Crippen LogP contribution in [0.2, 0.25) is 0 Å². The molecule has 0 heterocycles. The summed E-state index contributed by atoms with van der Waals surface area (Å²) < 4.78 is 29.6. The fraction of sp³-hybridized carbons (Fsp3) is 0.368. The van der Waals surface area contributed by atoms with E-state index in [1.165, 1.54) is 98.6 Å². The SMILES string of the molecule is Cc1ccc(S(=O)(=O)O)cc1.c1ccc(-c2c3c(cc(C4CCCCC4)c2C2CCCCC2)-c2ccccc2C3)cc1. The topological polar surface area (TPSA) is 54.4 Å². The standard InChI is InChI=1S/C31H34.C7H8O3S/c1-4-12-22(13-5-1)27-21-28-26-19-11-10-18-25(26)20-29(28)31(24-16-8-3-9-17-24)30(27)23-14-6-2-7-15-23;1-6-2-4-7(5-3-6)11(8,9)10/h3,8-11,16-19,21-23H,1-2,4-7,12-15,20H2;2-5H,1H3,(H,8,9,10). The maximum absolute atomic E-state index is 10.5. The van der Waals surface area contributed by atoms with Gasteiger partial charge in [-0.2, -0.15) is 8.42 Å². The lowest BCUT2D eigenvalue weighted by Crippen LogP contribution is -2.15. The predicted octanol–water partition coefficient (Wildman–Crippen LogP) is 10.3. The molecule has 0 aliphatic heterocycles. The number of hydrogen-bond acceptors (Lipinski definition) is 2. The van der Waals surface area contributed by atoms with Crippen LogP contribution in [-0.4, -0.2) is 13.0 Å². The van der Waals surface area contributed by atoms with Crippen LogP contribution in [0.4, 0.5) is 0 Å².